The number of H-pyrrole nitrogens is 1. The average Bonchev–Trinajstić information content (AvgIpc) is 2.73. The molecule has 3 nitrogen and oxygen atoms in total. The summed E-state index contributed by atoms with van der Waals surface area (Å²) in [7, 11) is 0. The van der Waals surface area contributed by atoms with Crippen LogP contribution < -0.4 is 5.56 Å². The Morgan fingerprint density at radius 1 is 1.53 bits per heavy atom. The summed E-state index contributed by atoms with van der Waals surface area (Å²) in [6, 6.07) is 0. The Labute approximate surface area is 107 Å². The number of nitrogens with zero attached hydrogens (tertiary/aromatic N) is 1. The lowest BCUT2D eigenvalue weighted by Gasteiger charge is -2.07. The van der Waals surface area contributed by atoms with E-state index in [1.165, 1.54) is 25.7 Å². The standard InChI is InChI=1S/C10H13IN2OS/c11-8-5-12-9(13-10(8)14)6-15-7-3-1-2-4-7/h5,7H,1-4,6H2,(H,12,13,14). The van der Waals surface area contributed by atoms with Crippen molar-refractivity contribution in [3.05, 3.63) is 25.9 Å². The molecule has 1 saturated carbocycles. The van der Waals surface area contributed by atoms with Crippen LogP contribution in [0.5, 0.6) is 0 Å². The number of rotatable bonds is 3. The molecular formula is C10H13IN2OS. The molecule has 1 N–H and O–H groups in total. The third-order valence-electron chi connectivity index (χ3n) is 2.57. The summed E-state index contributed by atoms with van der Waals surface area (Å²) in [4.78, 5) is 18.3. The number of halogens is 1. The Hall–Kier alpha value is -0.0400. The molecule has 0 aromatic carbocycles. The van der Waals surface area contributed by atoms with Crippen molar-refractivity contribution in [2.24, 2.45) is 0 Å². The molecule has 0 unspecified atom stereocenters. The highest BCUT2D eigenvalue weighted by molar-refractivity contribution is 14.1. The SMILES string of the molecule is O=c1[nH]c(CSC2CCCC2)ncc1I. The second-order valence-corrected chi connectivity index (χ2v) is 6.18. The summed E-state index contributed by atoms with van der Waals surface area (Å²) in [5.41, 5.74) is -0.0207. The van der Waals surface area contributed by atoms with Crippen molar-refractivity contribution in [3.8, 4) is 0 Å². The van der Waals surface area contributed by atoms with E-state index in [0.717, 1.165) is 16.8 Å². The second kappa shape index (κ2) is 5.34. The first kappa shape index (κ1) is 11.4. The molecule has 82 valence electrons. The molecule has 1 fully saturated rings. The van der Waals surface area contributed by atoms with Gasteiger partial charge in [0.25, 0.3) is 5.56 Å². The van der Waals surface area contributed by atoms with Gasteiger partial charge in [-0.1, -0.05) is 12.8 Å². The van der Waals surface area contributed by atoms with Crippen LogP contribution in [0.1, 0.15) is 31.5 Å². The van der Waals surface area contributed by atoms with Crippen molar-refractivity contribution in [2.45, 2.75) is 36.7 Å². The first-order chi connectivity index (χ1) is 7.25. The van der Waals surface area contributed by atoms with Gasteiger partial charge in [0, 0.05) is 11.4 Å². The van der Waals surface area contributed by atoms with Gasteiger partial charge < -0.3 is 4.98 Å². The second-order valence-electron chi connectivity index (χ2n) is 3.72. The number of hydrogen-bond donors (Lipinski definition) is 1. The predicted octanol–water partition coefficient (Wildman–Crippen LogP) is 2.55. The molecule has 1 aromatic heterocycles. The van der Waals surface area contributed by atoms with Gasteiger partial charge in [0.15, 0.2) is 0 Å². The van der Waals surface area contributed by atoms with E-state index in [-0.39, 0.29) is 5.56 Å². The third kappa shape index (κ3) is 3.21. The molecule has 5 heteroatoms. The number of aromatic amines is 1. The summed E-state index contributed by atoms with van der Waals surface area (Å²) in [6.45, 7) is 0. The Balaban J connectivity index is 1.93. The largest absolute Gasteiger partial charge is 0.309 e. The quantitative estimate of drug-likeness (QED) is 0.863. The van der Waals surface area contributed by atoms with E-state index in [4.69, 9.17) is 0 Å². The molecular weight excluding hydrogens is 323 g/mol. The zero-order chi connectivity index (χ0) is 10.7. The summed E-state index contributed by atoms with van der Waals surface area (Å²) < 4.78 is 0.655. The monoisotopic (exact) mass is 336 g/mol. The van der Waals surface area contributed by atoms with E-state index in [2.05, 4.69) is 9.97 Å². The van der Waals surface area contributed by atoms with E-state index in [9.17, 15) is 4.79 Å². The highest BCUT2D eigenvalue weighted by atomic mass is 127. The molecule has 0 atom stereocenters. The van der Waals surface area contributed by atoms with Crippen molar-refractivity contribution in [2.75, 3.05) is 0 Å². The fraction of sp³-hybridized carbons (Fsp3) is 0.600. The molecule has 0 saturated heterocycles. The molecule has 0 amide bonds. The lowest BCUT2D eigenvalue weighted by molar-refractivity contribution is 0.886. The van der Waals surface area contributed by atoms with Crippen molar-refractivity contribution in [3.63, 3.8) is 0 Å². The van der Waals surface area contributed by atoms with Crippen LogP contribution in [0.15, 0.2) is 11.0 Å². The minimum absolute atomic E-state index is 0.0207. The van der Waals surface area contributed by atoms with Crippen LogP contribution >= 0.6 is 34.4 Å². The normalized spacial score (nSPS) is 17.1. The maximum atomic E-state index is 11.3. The van der Waals surface area contributed by atoms with Gasteiger partial charge in [0.1, 0.15) is 5.82 Å². The molecule has 1 heterocycles. The summed E-state index contributed by atoms with van der Waals surface area (Å²) in [5, 5.41) is 0.773. The van der Waals surface area contributed by atoms with Crippen LogP contribution in [0, 0.1) is 3.57 Å². The van der Waals surface area contributed by atoms with Gasteiger partial charge >= 0.3 is 0 Å². The van der Waals surface area contributed by atoms with Crippen LogP contribution in [-0.2, 0) is 5.75 Å². The maximum absolute atomic E-state index is 11.3. The van der Waals surface area contributed by atoms with E-state index in [1.807, 2.05) is 34.4 Å². The first-order valence-electron chi connectivity index (χ1n) is 5.11. The topological polar surface area (TPSA) is 45.8 Å². The van der Waals surface area contributed by atoms with Crippen LogP contribution in [0.25, 0.3) is 0 Å². The molecule has 2 rings (SSSR count). The van der Waals surface area contributed by atoms with Crippen LogP contribution in [0.2, 0.25) is 0 Å². The summed E-state index contributed by atoms with van der Waals surface area (Å²) in [6.07, 6.45) is 6.99. The number of hydrogen-bond acceptors (Lipinski definition) is 3. The van der Waals surface area contributed by atoms with Crippen molar-refractivity contribution >= 4 is 34.4 Å². The van der Waals surface area contributed by atoms with Crippen LogP contribution in [0.3, 0.4) is 0 Å². The molecule has 15 heavy (non-hydrogen) atoms. The van der Waals surface area contributed by atoms with Gasteiger partial charge in [0.05, 0.1) is 9.32 Å². The van der Waals surface area contributed by atoms with Gasteiger partial charge in [0.2, 0.25) is 0 Å². The molecule has 1 aliphatic carbocycles. The Kier molecular flexibility index (Phi) is 4.07. The van der Waals surface area contributed by atoms with Crippen molar-refractivity contribution in [1.82, 2.24) is 9.97 Å². The molecule has 0 spiro atoms. The molecule has 0 aliphatic heterocycles. The zero-order valence-corrected chi connectivity index (χ0v) is 11.3. The maximum Gasteiger partial charge on any atom is 0.264 e. The van der Waals surface area contributed by atoms with E-state index < -0.39 is 0 Å². The van der Waals surface area contributed by atoms with Gasteiger partial charge in [-0.3, -0.25) is 4.79 Å². The average molecular weight is 336 g/mol. The number of aromatic nitrogens is 2. The number of nitrogens with one attached hydrogen (secondary N) is 1. The lowest BCUT2D eigenvalue weighted by atomic mass is 10.4. The Bertz CT molecular complexity index is 387. The van der Waals surface area contributed by atoms with Crippen molar-refractivity contribution < 1.29 is 0 Å². The van der Waals surface area contributed by atoms with Gasteiger partial charge in [-0.25, -0.2) is 4.98 Å². The van der Waals surface area contributed by atoms with E-state index >= 15 is 0 Å². The van der Waals surface area contributed by atoms with Gasteiger partial charge in [-0.15, -0.1) is 0 Å². The fourth-order valence-electron chi connectivity index (χ4n) is 1.74. The minimum Gasteiger partial charge on any atom is -0.309 e. The van der Waals surface area contributed by atoms with Crippen molar-refractivity contribution in [1.29, 1.82) is 0 Å². The van der Waals surface area contributed by atoms with E-state index in [1.54, 1.807) is 6.20 Å². The summed E-state index contributed by atoms with van der Waals surface area (Å²) >= 11 is 3.91. The highest BCUT2D eigenvalue weighted by Crippen LogP contribution is 2.30. The van der Waals surface area contributed by atoms with E-state index in [0.29, 0.717) is 3.57 Å². The Morgan fingerprint density at radius 2 is 2.27 bits per heavy atom. The smallest absolute Gasteiger partial charge is 0.264 e. The highest BCUT2D eigenvalue weighted by Gasteiger charge is 2.15. The predicted molar refractivity (Wildman–Crippen MR) is 71.1 cm³/mol. The first-order valence-corrected chi connectivity index (χ1v) is 7.24. The Morgan fingerprint density at radius 3 is 2.93 bits per heavy atom. The zero-order valence-electron chi connectivity index (χ0n) is 8.33. The molecule has 0 radical (unpaired) electrons. The van der Waals surface area contributed by atoms with Crippen LogP contribution in [0.4, 0.5) is 0 Å². The van der Waals surface area contributed by atoms with Crippen LogP contribution in [-0.4, -0.2) is 15.2 Å². The minimum atomic E-state index is -0.0207. The lowest BCUT2D eigenvalue weighted by Crippen LogP contribution is -2.13. The van der Waals surface area contributed by atoms with Gasteiger partial charge in [-0.2, -0.15) is 11.8 Å². The summed E-state index contributed by atoms with van der Waals surface area (Å²) in [5.74, 6) is 1.63. The third-order valence-corrected chi connectivity index (χ3v) is 4.72. The molecule has 1 aromatic rings. The number of thioether (sulfide) groups is 1. The fourth-order valence-corrected chi connectivity index (χ4v) is 3.22. The van der Waals surface area contributed by atoms with Gasteiger partial charge in [-0.05, 0) is 35.4 Å². The molecule has 1 aliphatic rings. The molecule has 0 bridgehead atoms.